The smallest absolute Gasteiger partial charge is 0.191 e. The first-order valence-corrected chi connectivity index (χ1v) is 12.2. The number of rotatable bonds is 10. The molecule has 0 saturated heterocycles. The van der Waals surface area contributed by atoms with Crippen molar-refractivity contribution in [3.63, 3.8) is 0 Å². The van der Waals surface area contributed by atoms with Gasteiger partial charge in [0.15, 0.2) is 8.32 Å². The Morgan fingerprint density at radius 1 is 1.08 bits per heavy atom. The fourth-order valence-electron chi connectivity index (χ4n) is 2.23. The standard InChI is InChI=1S/C21H36O3Si/c1-21(2,3)25(4,5)24-17-16-20(23)13-9-12-19(22)15-14-18-10-7-6-8-11-18/h6-12,19-20,22-23H,13-17H2,1-5H3/b12-9+/t19-,20-/m1/s1. The van der Waals surface area contributed by atoms with E-state index in [2.05, 4.69) is 46.0 Å². The van der Waals surface area contributed by atoms with Gasteiger partial charge < -0.3 is 14.6 Å². The van der Waals surface area contributed by atoms with Crippen LogP contribution in [0.5, 0.6) is 0 Å². The first-order valence-electron chi connectivity index (χ1n) is 9.32. The van der Waals surface area contributed by atoms with Crippen LogP contribution in [0.15, 0.2) is 42.5 Å². The van der Waals surface area contributed by atoms with Crippen LogP contribution in [0, 0.1) is 0 Å². The lowest BCUT2D eigenvalue weighted by Crippen LogP contribution is -2.41. The van der Waals surface area contributed by atoms with E-state index >= 15 is 0 Å². The van der Waals surface area contributed by atoms with E-state index in [0.717, 1.165) is 6.42 Å². The highest BCUT2D eigenvalue weighted by molar-refractivity contribution is 6.74. The zero-order valence-electron chi connectivity index (χ0n) is 16.5. The second kappa shape index (κ2) is 10.3. The lowest BCUT2D eigenvalue weighted by atomic mass is 10.1. The Labute approximate surface area is 154 Å². The minimum absolute atomic E-state index is 0.195. The van der Waals surface area contributed by atoms with Gasteiger partial charge in [-0.1, -0.05) is 63.3 Å². The van der Waals surface area contributed by atoms with Gasteiger partial charge in [-0.25, -0.2) is 0 Å². The van der Waals surface area contributed by atoms with Gasteiger partial charge in [0.1, 0.15) is 0 Å². The molecule has 0 unspecified atom stereocenters. The molecule has 2 atom stereocenters. The van der Waals surface area contributed by atoms with Gasteiger partial charge >= 0.3 is 0 Å². The SMILES string of the molecule is CC(C)(C)[Si](C)(C)OCC[C@H](O)C/C=C/[C@@H](O)CCc1ccccc1. The topological polar surface area (TPSA) is 49.7 Å². The summed E-state index contributed by atoms with van der Waals surface area (Å²) in [5.74, 6) is 0. The highest BCUT2D eigenvalue weighted by Crippen LogP contribution is 2.36. The van der Waals surface area contributed by atoms with Crippen molar-refractivity contribution in [1.29, 1.82) is 0 Å². The number of aliphatic hydroxyl groups is 2. The van der Waals surface area contributed by atoms with Crippen LogP contribution >= 0.6 is 0 Å². The molecule has 0 radical (unpaired) electrons. The van der Waals surface area contributed by atoms with E-state index in [4.69, 9.17) is 4.43 Å². The summed E-state index contributed by atoms with van der Waals surface area (Å²) in [6.45, 7) is 11.7. The molecule has 0 fully saturated rings. The van der Waals surface area contributed by atoms with E-state index in [1.165, 1.54) is 5.56 Å². The predicted octanol–water partition coefficient (Wildman–Crippen LogP) is 4.70. The largest absolute Gasteiger partial charge is 0.417 e. The Hall–Kier alpha value is -0.943. The third-order valence-electron chi connectivity index (χ3n) is 5.06. The third kappa shape index (κ3) is 8.81. The zero-order chi connectivity index (χ0) is 18.9. The summed E-state index contributed by atoms with van der Waals surface area (Å²) in [6.07, 6.45) is 5.55. The van der Waals surface area contributed by atoms with E-state index in [-0.39, 0.29) is 5.04 Å². The van der Waals surface area contributed by atoms with Crippen molar-refractivity contribution in [2.24, 2.45) is 0 Å². The average molecular weight is 365 g/mol. The van der Waals surface area contributed by atoms with Crippen LogP contribution in [0.3, 0.4) is 0 Å². The monoisotopic (exact) mass is 364 g/mol. The number of aliphatic hydroxyl groups excluding tert-OH is 2. The fraction of sp³-hybridized carbons (Fsp3) is 0.619. The maximum atomic E-state index is 10.1. The van der Waals surface area contributed by atoms with Crippen molar-refractivity contribution >= 4 is 8.32 Å². The summed E-state index contributed by atoms with van der Waals surface area (Å²) in [4.78, 5) is 0. The molecule has 1 rings (SSSR count). The number of benzene rings is 1. The molecule has 0 aliphatic rings. The quantitative estimate of drug-likeness (QED) is 0.467. The van der Waals surface area contributed by atoms with Crippen molar-refractivity contribution in [2.75, 3.05) is 6.61 Å². The highest BCUT2D eigenvalue weighted by Gasteiger charge is 2.36. The van der Waals surface area contributed by atoms with Gasteiger partial charge in [0.2, 0.25) is 0 Å². The van der Waals surface area contributed by atoms with Crippen LogP contribution < -0.4 is 0 Å². The molecule has 0 aromatic heterocycles. The van der Waals surface area contributed by atoms with Gasteiger partial charge in [0.05, 0.1) is 12.2 Å². The zero-order valence-corrected chi connectivity index (χ0v) is 17.5. The van der Waals surface area contributed by atoms with Gasteiger partial charge in [0.25, 0.3) is 0 Å². The summed E-state index contributed by atoms with van der Waals surface area (Å²) < 4.78 is 6.08. The molecule has 0 saturated carbocycles. The van der Waals surface area contributed by atoms with E-state index in [1.54, 1.807) is 6.08 Å². The molecule has 0 spiro atoms. The summed E-state index contributed by atoms with van der Waals surface area (Å²) in [5, 5.41) is 20.3. The van der Waals surface area contributed by atoms with E-state index in [0.29, 0.717) is 25.9 Å². The number of aryl methyl sites for hydroxylation is 1. The molecule has 0 bridgehead atoms. The Bertz CT molecular complexity index is 506. The fourth-order valence-corrected chi connectivity index (χ4v) is 3.29. The molecule has 0 heterocycles. The number of hydrogen-bond acceptors (Lipinski definition) is 3. The molecule has 2 N–H and O–H groups in total. The average Bonchev–Trinajstić information content (AvgIpc) is 2.52. The summed E-state index contributed by atoms with van der Waals surface area (Å²) in [5.41, 5.74) is 1.23. The molecular weight excluding hydrogens is 328 g/mol. The van der Waals surface area contributed by atoms with Gasteiger partial charge in [-0.05, 0) is 49.4 Å². The van der Waals surface area contributed by atoms with Crippen LogP contribution in [0.2, 0.25) is 18.1 Å². The number of hydrogen-bond donors (Lipinski definition) is 2. The van der Waals surface area contributed by atoms with Crippen LogP contribution in [0.4, 0.5) is 0 Å². The van der Waals surface area contributed by atoms with E-state index in [9.17, 15) is 10.2 Å². The van der Waals surface area contributed by atoms with Gasteiger partial charge in [0, 0.05) is 6.61 Å². The summed E-state index contributed by atoms with van der Waals surface area (Å²) in [6, 6.07) is 10.2. The van der Waals surface area contributed by atoms with Gasteiger partial charge in [-0.2, -0.15) is 0 Å². The van der Waals surface area contributed by atoms with E-state index in [1.807, 2.05) is 24.3 Å². The van der Waals surface area contributed by atoms with Gasteiger partial charge in [-0.3, -0.25) is 0 Å². The summed E-state index contributed by atoms with van der Waals surface area (Å²) in [7, 11) is -1.73. The molecule has 0 aliphatic heterocycles. The summed E-state index contributed by atoms with van der Waals surface area (Å²) >= 11 is 0. The first kappa shape index (κ1) is 22.1. The predicted molar refractivity (Wildman–Crippen MR) is 108 cm³/mol. The second-order valence-electron chi connectivity index (χ2n) is 8.31. The minimum Gasteiger partial charge on any atom is -0.417 e. The normalized spacial score (nSPS) is 15.5. The first-order chi connectivity index (χ1) is 11.6. The van der Waals surface area contributed by atoms with Crippen LogP contribution in [-0.2, 0) is 10.8 Å². The molecule has 0 aliphatic carbocycles. The van der Waals surface area contributed by atoms with Crippen molar-refractivity contribution < 1.29 is 14.6 Å². The van der Waals surface area contributed by atoms with Crippen molar-refractivity contribution in [1.82, 2.24) is 0 Å². The molecule has 0 amide bonds. The lowest BCUT2D eigenvalue weighted by Gasteiger charge is -2.36. The second-order valence-corrected chi connectivity index (χ2v) is 13.1. The molecule has 1 aromatic rings. The maximum absolute atomic E-state index is 10.1. The van der Waals surface area contributed by atoms with Crippen molar-refractivity contribution in [3.05, 3.63) is 48.0 Å². The molecule has 4 heteroatoms. The maximum Gasteiger partial charge on any atom is 0.191 e. The molecule has 1 aromatic carbocycles. The highest BCUT2D eigenvalue weighted by atomic mass is 28.4. The van der Waals surface area contributed by atoms with Crippen LogP contribution in [0.1, 0.15) is 45.6 Å². The Kier molecular flexibility index (Phi) is 9.07. The van der Waals surface area contributed by atoms with Crippen molar-refractivity contribution in [2.45, 2.75) is 76.8 Å². The molecule has 142 valence electrons. The third-order valence-corrected chi connectivity index (χ3v) is 9.60. The Morgan fingerprint density at radius 3 is 2.32 bits per heavy atom. The van der Waals surface area contributed by atoms with Crippen LogP contribution in [0.25, 0.3) is 0 Å². The lowest BCUT2D eigenvalue weighted by molar-refractivity contribution is 0.137. The molecule has 3 nitrogen and oxygen atoms in total. The Morgan fingerprint density at radius 2 is 1.72 bits per heavy atom. The Balaban J connectivity index is 2.22. The minimum atomic E-state index is -1.73. The molecule has 25 heavy (non-hydrogen) atoms. The van der Waals surface area contributed by atoms with Gasteiger partial charge in [-0.15, -0.1) is 0 Å². The van der Waals surface area contributed by atoms with Crippen LogP contribution in [-0.4, -0.2) is 37.3 Å². The molecular formula is C21H36O3Si. The van der Waals surface area contributed by atoms with E-state index < -0.39 is 20.5 Å². The van der Waals surface area contributed by atoms with Crippen molar-refractivity contribution in [3.8, 4) is 0 Å².